The Hall–Kier alpha value is -0.331. The van der Waals surface area contributed by atoms with E-state index < -0.39 is 0 Å². The van der Waals surface area contributed by atoms with E-state index in [1.165, 1.54) is 0 Å². The molecule has 1 aliphatic carbocycles. The maximum absolute atomic E-state index is 8.00. The first-order valence-corrected chi connectivity index (χ1v) is 2.01. The second kappa shape index (κ2) is 15.6. The number of carbonyl (C=O) groups is 1. The molecule has 0 heterocycles. The summed E-state index contributed by atoms with van der Waals surface area (Å²) in [6.07, 6.45) is 10.0. The topological polar surface area (TPSA) is 17.1 Å². The van der Waals surface area contributed by atoms with Crippen LogP contribution in [-0.4, -0.2) is 6.79 Å². The zero-order valence-corrected chi connectivity index (χ0v) is 6.61. The number of carbonyl (C=O) groups excluding carboxylic acids is 1. The van der Waals surface area contributed by atoms with Gasteiger partial charge in [-0.05, 0) is 0 Å². The smallest absolute Gasteiger partial charge is 0.358 e. The van der Waals surface area contributed by atoms with Crippen LogP contribution in [0.25, 0.3) is 0 Å². The molecule has 0 amide bonds. The molecule has 1 radical (unpaired) electrons. The van der Waals surface area contributed by atoms with Crippen LogP contribution < -0.4 is 0 Å². The van der Waals surface area contributed by atoms with E-state index >= 15 is 0 Å². The van der Waals surface area contributed by atoms with Crippen LogP contribution in [0.2, 0.25) is 0 Å². The summed E-state index contributed by atoms with van der Waals surface area (Å²) in [5, 5.41) is 0. The van der Waals surface area contributed by atoms with Gasteiger partial charge in [-0.1, -0.05) is 0 Å². The van der Waals surface area contributed by atoms with Gasteiger partial charge in [0, 0.05) is 0 Å². The van der Waals surface area contributed by atoms with E-state index in [-0.39, 0.29) is 24.5 Å². The molecule has 0 atom stereocenters. The molecular weight excluding hydrogens is 155 g/mol. The minimum atomic E-state index is 0. The fraction of sp³-hybridized carbons (Fsp3) is 0.143. The molecule has 1 nitrogen and oxygen atoms in total. The van der Waals surface area contributed by atoms with Crippen molar-refractivity contribution >= 4 is 6.79 Å². The SMILES string of the molecule is C=O.[C-]1=CC=CC1.[CH3-].[Mn+2]. The molecule has 0 aromatic rings. The van der Waals surface area contributed by atoms with E-state index in [1.54, 1.807) is 0 Å². The molecule has 0 saturated carbocycles. The number of rotatable bonds is 0. The van der Waals surface area contributed by atoms with Crippen molar-refractivity contribution < 1.29 is 21.9 Å². The zero-order valence-electron chi connectivity index (χ0n) is 5.43. The Kier molecular flexibility index (Phi) is 27.6. The summed E-state index contributed by atoms with van der Waals surface area (Å²) in [6, 6.07) is 0. The molecule has 0 aromatic heterocycles. The van der Waals surface area contributed by atoms with Crippen LogP contribution in [0.15, 0.2) is 18.2 Å². The third kappa shape index (κ3) is 11.3. The van der Waals surface area contributed by atoms with Crippen molar-refractivity contribution in [1.82, 2.24) is 0 Å². The summed E-state index contributed by atoms with van der Waals surface area (Å²) in [6.45, 7) is 2.00. The van der Waals surface area contributed by atoms with Gasteiger partial charge in [-0.15, -0.1) is 6.42 Å². The quantitative estimate of drug-likeness (QED) is 0.393. The van der Waals surface area contributed by atoms with Gasteiger partial charge in [0.05, 0.1) is 0 Å². The predicted octanol–water partition coefficient (Wildman–Crippen LogP) is 1.57. The van der Waals surface area contributed by atoms with Gasteiger partial charge in [0.2, 0.25) is 0 Å². The van der Waals surface area contributed by atoms with Gasteiger partial charge >= 0.3 is 17.1 Å². The van der Waals surface area contributed by atoms with E-state index in [1.807, 2.05) is 18.9 Å². The van der Waals surface area contributed by atoms with Crippen molar-refractivity contribution in [3.63, 3.8) is 0 Å². The molecule has 0 N–H and O–H groups in total. The first-order chi connectivity index (χ1) is 3.50. The monoisotopic (exact) mass is 165 g/mol. The van der Waals surface area contributed by atoms with Crippen molar-refractivity contribution in [1.29, 1.82) is 0 Å². The summed E-state index contributed by atoms with van der Waals surface area (Å²) in [5.74, 6) is 0. The van der Waals surface area contributed by atoms with E-state index in [4.69, 9.17) is 4.79 Å². The van der Waals surface area contributed by atoms with Crippen LogP contribution in [-0.2, 0) is 21.9 Å². The van der Waals surface area contributed by atoms with Crippen LogP contribution in [0.1, 0.15) is 6.42 Å². The van der Waals surface area contributed by atoms with Gasteiger partial charge in [-0.3, -0.25) is 6.08 Å². The Morgan fingerprint density at radius 2 is 2.00 bits per heavy atom. The minimum Gasteiger partial charge on any atom is -0.358 e. The number of hydrogen-bond acceptors (Lipinski definition) is 1. The van der Waals surface area contributed by atoms with Gasteiger partial charge in [0.1, 0.15) is 6.79 Å². The molecule has 0 bridgehead atoms. The molecule has 0 fully saturated rings. The molecular formula is C7H10MnO. The third-order valence-corrected chi connectivity index (χ3v) is 0.586. The molecule has 1 rings (SSSR count). The van der Waals surface area contributed by atoms with E-state index in [0.717, 1.165) is 6.42 Å². The number of hydrogen-bond donors (Lipinski definition) is 0. The fourth-order valence-electron chi connectivity index (χ4n) is 0.340. The molecule has 9 heavy (non-hydrogen) atoms. The first kappa shape index (κ1) is 15.9. The Balaban J connectivity index is -0.0000000836. The second-order valence-electron chi connectivity index (χ2n) is 1.00. The summed E-state index contributed by atoms with van der Waals surface area (Å²) in [4.78, 5) is 8.00. The Morgan fingerprint density at radius 1 is 1.44 bits per heavy atom. The summed E-state index contributed by atoms with van der Waals surface area (Å²) >= 11 is 0. The van der Waals surface area contributed by atoms with Crippen LogP contribution in [0.3, 0.4) is 0 Å². The average molecular weight is 165 g/mol. The largest absolute Gasteiger partial charge is 2.00 e. The maximum atomic E-state index is 8.00. The molecule has 0 spiro atoms. The summed E-state index contributed by atoms with van der Waals surface area (Å²) < 4.78 is 0. The summed E-state index contributed by atoms with van der Waals surface area (Å²) in [7, 11) is 0. The fourth-order valence-corrected chi connectivity index (χ4v) is 0.340. The van der Waals surface area contributed by atoms with Gasteiger partial charge < -0.3 is 12.2 Å². The molecule has 1 aliphatic rings. The van der Waals surface area contributed by atoms with E-state index in [9.17, 15) is 0 Å². The molecule has 0 aliphatic heterocycles. The van der Waals surface area contributed by atoms with Crippen LogP contribution in [0.4, 0.5) is 0 Å². The van der Waals surface area contributed by atoms with Crippen LogP contribution in [0.5, 0.6) is 0 Å². The normalized spacial score (nSPS) is 10.2. The Morgan fingerprint density at radius 3 is 2.11 bits per heavy atom. The van der Waals surface area contributed by atoms with Crippen molar-refractivity contribution in [3.05, 3.63) is 31.7 Å². The minimum absolute atomic E-state index is 0. The third-order valence-electron chi connectivity index (χ3n) is 0.586. The standard InChI is InChI=1S/C5H5.CH2O.CH3.Mn/c1-2-4-5-3-1;1-2;;/h1-3H,4H2;1H2;1H3;/q-1;;-1;+2. The first-order valence-electron chi connectivity index (χ1n) is 2.01. The molecule has 0 saturated heterocycles. The average Bonchev–Trinajstić information content (AvgIpc) is 2.23. The number of allylic oxidation sites excluding steroid dienone is 4. The van der Waals surface area contributed by atoms with Gasteiger partial charge in [-0.25, -0.2) is 12.2 Å². The van der Waals surface area contributed by atoms with Gasteiger partial charge in [0.15, 0.2) is 0 Å². The predicted molar refractivity (Wildman–Crippen MR) is 35.1 cm³/mol. The molecule has 2 heteroatoms. The van der Waals surface area contributed by atoms with Crippen molar-refractivity contribution in [3.8, 4) is 0 Å². The van der Waals surface area contributed by atoms with Crippen molar-refractivity contribution in [2.75, 3.05) is 0 Å². The summed E-state index contributed by atoms with van der Waals surface area (Å²) in [5.41, 5.74) is 0. The Labute approximate surface area is 67.3 Å². The molecule has 51 valence electrons. The van der Waals surface area contributed by atoms with Crippen LogP contribution >= 0.6 is 0 Å². The zero-order chi connectivity index (χ0) is 5.54. The molecule has 0 unspecified atom stereocenters. The maximum Gasteiger partial charge on any atom is 2.00 e. The molecule has 0 aromatic carbocycles. The van der Waals surface area contributed by atoms with Crippen molar-refractivity contribution in [2.45, 2.75) is 6.42 Å². The van der Waals surface area contributed by atoms with Crippen molar-refractivity contribution in [2.24, 2.45) is 0 Å². The second-order valence-corrected chi connectivity index (χ2v) is 1.00. The van der Waals surface area contributed by atoms with E-state index in [2.05, 4.69) is 12.2 Å². The van der Waals surface area contributed by atoms with Gasteiger partial charge in [-0.2, -0.15) is 6.08 Å². The van der Waals surface area contributed by atoms with E-state index in [0.29, 0.717) is 0 Å². The Bertz CT molecular complexity index is 76.9. The van der Waals surface area contributed by atoms with Crippen LogP contribution in [0, 0.1) is 13.5 Å². The van der Waals surface area contributed by atoms with Gasteiger partial charge in [0.25, 0.3) is 0 Å².